The van der Waals surface area contributed by atoms with Gasteiger partial charge in [-0.15, -0.1) is 12.3 Å². The van der Waals surface area contributed by atoms with Crippen LogP contribution in [0.1, 0.15) is 6.42 Å². The molecule has 0 aliphatic heterocycles. The van der Waals surface area contributed by atoms with Crippen molar-refractivity contribution in [1.29, 1.82) is 0 Å². The summed E-state index contributed by atoms with van der Waals surface area (Å²) in [6.45, 7) is 0. The predicted molar refractivity (Wildman–Crippen MR) is 68.0 cm³/mol. The molecule has 0 aliphatic carbocycles. The van der Waals surface area contributed by atoms with Gasteiger partial charge in [-0.05, 0) is 6.07 Å². The molecule has 0 radical (unpaired) electrons. The number of carbonyl (C=O) groups is 1. The maximum absolute atomic E-state index is 10.9. The molecule has 0 bridgehead atoms. The fourth-order valence-corrected chi connectivity index (χ4v) is 1.52. The number of aromatic nitrogens is 2. The third-order valence-electron chi connectivity index (χ3n) is 2.41. The van der Waals surface area contributed by atoms with E-state index in [2.05, 4.69) is 21.2 Å². The fourth-order valence-electron chi connectivity index (χ4n) is 1.52. The van der Waals surface area contributed by atoms with Crippen LogP contribution >= 0.6 is 0 Å². The van der Waals surface area contributed by atoms with Crippen molar-refractivity contribution in [2.45, 2.75) is 12.5 Å². The Morgan fingerprint density at radius 1 is 1.50 bits per heavy atom. The number of nitrogens with zero attached hydrogens (tertiary/aromatic N) is 2. The van der Waals surface area contributed by atoms with Crippen LogP contribution in [0, 0.1) is 12.3 Å². The van der Waals surface area contributed by atoms with Crippen molar-refractivity contribution in [3.8, 4) is 12.3 Å². The highest BCUT2D eigenvalue weighted by Crippen LogP contribution is 2.12. The second-order valence-corrected chi connectivity index (χ2v) is 3.70. The number of carboxylic acid groups (broad SMARTS) is 1. The SMILES string of the molecule is C#CCC(Nc1ncc2ccccc2n1)C(=O)O. The van der Waals surface area contributed by atoms with Gasteiger partial charge in [0.2, 0.25) is 5.95 Å². The van der Waals surface area contributed by atoms with Gasteiger partial charge in [0.05, 0.1) is 5.52 Å². The molecular weight excluding hydrogens is 230 g/mol. The van der Waals surface area contributed by atoms with E-state index in [0.717, 1.165) is 10.9 Å². The lowest BCUT2D eigenvalue weighted by atomic mass is 10.2. The number of aliphatic carboxylic acids is 1. The molecule has 0 amide bonds. The van der Waals surface area contributed by atoms with Gasteiger partial charge < -0.3 is 10.4 Å². The minimum absolute atomic E-state index is 0.0749. The van der Waals surface area contributed by atoms with Crippen LogP contribution in [0.2, 0.25) is 0 Å². The number of anilines is 1. The smallest absolute Gasteiger partial charge is 0.327 e. The van der Waals surface area contributed by atoms with Crippen molar-refractivity contribution >= 4 is 22.8 Å². The van der Waals surface area contributed by atoms with Gasteiger partial charge in [-0.3, -0.25) is 0 Å². The summed E-state index contributed by atoms with van der Waals surface area (Å²) in [4.78, 5) is 19.2. The van der Waals surface area contributed by atoms with Gasteiger partial charge >= 0.3 is 5.97 Å². The highest BCUT2D eigenvalue weighted by molar-refractivity contribution is 5.80. The molecule has 1 heterocycles. The Balaban J connectivity index is 2.26. The van der Waals surface area contributed by atoms with Gasteiger partial charge in [0.15, 0.2) is 0 Å². The molecule has 0 fully saturated rings. The van der Waals surface area contributed by atoms with Gasteiger partial charge in [-0.25, -0.2) is 14.8 Å². The quantitative estimate of drug-likeness (QED) is 0.794. The van der Waals surface area contributed by atoms with Gasteiger partial charge in [-0.1, -0.05) is 18.2 Å². The van der Waals surface area contributed by atoms with Crippen LogP contribution in [0.4, 0.5) is 5.95 Å². The summed E-state index contributed by atoms with van der Waals surface area (Å²) in [6, 6.07) is 6.58. The van der Waals surface area contributed by atoms with Crippen molar-refractivity contribution in [2.24, 2.45) is 0 Å². The van der Waals surface area contributed by atoms with E-state index in [9.17, 15) is 4.79 Å². The third kappa shape index (κ3) is 2.55. The second-order valence-electron chi connectivity index (χ2n) is 3.70. The molecule has 0 aliphatic rings. The number of hydrogen-bond donors (Lipinski definition) is 2. The molecule has 1 aromatic heterocycles. The predicted octanol–water partition coefficient (Wildman–Crippen LogP) is 1.52. The molecule has 1 unspecified atom stereocenters. The van der Waals surface area contributed by atoms with Gasteiger partial charge in [0.25, 0.3) is 0 Å². The lowest BCUT2D eigenvalue weighted by Crippen LogP contribution is -2.29. The van der Waals surface area contributed by atoms with E-state index in [1.807, 2.05) is 24.3 Å². The van der Waals surface area contributed by atoms with Crippen LogP contribution in [0.5, 0.6) is 0 Å². The van der Waals surface area contributed by atoms with Crippen molar-refractivity contribution in [2.75, 3.05) is 5.32 Å². The van der Waals surface area contributed by atoms with E-state index < -0.39 is 12.0 Å². The number of carboxylic acids is 1. The van der Waals surface area contributed by atoms with Gasteiger partial charge in [-0.2, -0.15) is 0 Å². The van der Waals surface area contributed by atoms with E-state index >= 15 is 0 Å². The first-order valence-corrected chi connectivity index (χ1v) is 5.35. The van der Waals surface area contributed by atoms with Crippen molar-refractivity contribution in [3.63, 3.8) is 0 Å². The van der Waals surface area contributed by atoms with Crippen molar-refractivity contribution in [1.82, 2.24) is 9.97 Å². The maximum Gasteiger partial charge on any atom is 0.327 e. The van der Waals surface area contributed by atoms with Crippen LogP contribution in [-0.2, 0) is 4.79 Å². The summed E-state index contributed by atoms with van der Waals surface area (Å²) in [5.41, 5.74) is 0.750. The maximum atomic E-state index is 10.9. The number of para-hydroxylation sites is 1. The van der Waals surface area contributed by atoms with E-state index in [1.165, 1.54) is 0 Å². The van der Waals surface area contributed by atoms with Crippen molar-refractivity contribution < 1.29 is 9.90 Å². The first-order chi connectivity index (χ1) is 8.70. The lowest BCUT2D eigenvalue weighted by Gasteiger charge is -2.11. The van der Waals surface area contributed by atoms with Crippen molar-refractivity contribution in [3.05, 3.63) is 30.5 Å². The number of hydrogen-bond acceptors (Lipinski definition) is 4. The summed E-state index contributed by atoms with van der Waals surface area (Å²) in [7, 11) is 0. The fraction of sp³-hybridized carbons (Fsp3) is 0.154. The minimum atomic E-state index is -1.02. The van der Waals surface area contributed by atoms with Crippen LogP contribution < -0.4 is 5.32 Å². The van der Waals surface area contributed by atoms with Crippen LogP contribution in [0.25, 0.3) is 10.9 Å². The zero-order chi connectivity index (χ0) is 13.0. The standard InChI is InChI=1S/C13H11N3O2/c1-2-5-11(12(17)18)16-13-14-8-9-6-3-4-7-10(9)15-13/h1,3-4,6-8,11H,5H2,(H,17,18)(H,14,15,16). The Bertz CT molecular complexity index is 619. The first kappa shape index (κ1) is 11.9. The zero-order valence-corrected chi connectivity index (χ0v) is 9.50. The number of nitrogens with one attached hydrogen (secondary N) is 1. The average Bonchev–Trinajstić information content (AvgIpc) is 2.38. The summed E-state index contributed by atoms with van der Waals surface area (Å²) < 4.78 is 0. The summed E-state index contributed by atoms with van der Waals surface area (Å²) >= 11 is 0. The molecule has 0 saturated carbocycles. The molecule has 5 nitrogen and oxygen atoms in total. The molecule has 0 spiro atoms. The van der Waals surface area contributed by atoms with Crippen LogP contribution in [-0.4, -0.2) is 27.1 Å². The monoisotopic (exact) mass is 241 g/mol. The molecule has 1 atom stereocenters. The zero-order valence-electron chi connectivity index (χ0n) is 9.50. The average molecular weight is 241 g/mol. The summed E-state index contributed by atoms with van der Waals surface area (Å²) in [5, 5.41) is 12.6. The molecule has 1 aromatic carbocycles. The van der Waals surface area contributed by atoms with E-state index in [4.69, 9.17) is 11.5 Å². The topological polar surface area (TPSA) is 75.1 Å². The molecule has 2 N–H and O–H groups in total. The van der Waals surface area contributed by atoms with Crippen LogP contribution in [0.3, 0.4) is 0 Å². The first-order valence-electron chi connectivity index (χ1n) is 5.35. The van der Waals surface area contributed by atoms with E-state index in [-0.39, 0.29) is 12.4 Å². The number of rotatable bonds is 4. The molecule has 2 rings (SSSR count). The Morgan fingerprint density at radius 3 is 3.00 bits per heavy atom. The van der Waals surface area contributed by atoms with E-state index in [1.54, 1.807) is 6.20 Å². The number of benzene rings is 1. The molecule has 90 valence electrons. The second kappa shape index (κ2) is 5.15. The summed E-state index contributed by atoms with van der Waals surface area (Å²) in [5.74, 6) is 1.54. The van der Waals surface area contributed by atoms with Gasteiger partial charge in [0, 0.05) is 18.0 Å². The molecular formula is C13H11N3O2. The number of terminal acetylenes is 1. The highest BCUT2D eigenvalue weighted by Gasteiger charge is 2.16. The normalized spacial score (nSPS) is 11.7. The molecule has 5 heteroatoms. The summed E-state index contributed by atoms with van der Waals surface area (Å²) in [6.07, 6.45) is 6.83. The van der Waals surface area contributed by atoms with Gasteiger partial charge in [0.1, 0.15) is 6.04 Å². The minimum Gasteiger partial charge on any atom is -0.480 e. The Labute approximate surface area is 104 Å². The Hall–Kier alpha value is -2.61. The lowest BCUT2D eigenvalue weighted by molar-refractivity contribution is -0.137. The molecule has 18 heavy (non-hydrogen) atoms. The third-order valence-corrected chi connectivity index (χ3v) is 2.41. The largest absolute Gasteiger partial charge is 0.480 e. The molecule has 2 aromatic rings. The van der Waals surface area contributed by atoms with Crippen LogP contribution in [0.15, 0.2) is 30.5 Å². The number of fused-ring (bicyclic) bond motifs is 1. The highest BCUT2D eigenvalue weighted by atomic mass is 16.4. The Morgan fingerprint density at radius 2 is 2.28 bits per heavy atom. The Kier molecular flexibility index (Phi) is 3.39. The molecule has 0 saturated heterocycles. The van der Waals surface area contributed by atoms with E-state index in [0.29, 0.717) is 0 Å².